The largest absolute Gasteiger partial charge is 0.440 e. The highest BCUT2D eigenvalue weighted by atomic mass is 32.2. The third kappa shape index (κ3) is 6.58. The predicted octanol–water partition coefficient (Wildman–Crippen LogP) is 1.90. The summed E-state index contributed by atoms with van der Waals surface area (Å²) in [7, 11) is -4.35. The average Bonchev–Trinajstić information content (AvgIpc) is 2.20. The fourth-order valence-electron chi connectivity index (χ4n) is 1.18. The normalized spacial score (nSPS) is 13.1. The number of unbranched alkanes of at least 4 members (excludes halogenated alkanes) is 3. The summed E-state index contributed by atoms with van der Waals surface area (Å²) in [5.74, 6) is -0.849. The smallest absolute Gasteiger partial charge is 0.331 e. The zero-order chi connectivity index (χ0) is 12.6. The summed E-state index contributed by atoms with van der Waals surface area (Å²) in [6.45, 7) is 5.18. The Kier molecular flexibility index (Phi) is 7.00. The van der Waals surface area contributed by atoms with Gasteiger partial charge in [0, 0.05) is 12.5 Å². The molecule has 0 radical (unpaired) electrons. The number of carbonyl (C=O) groups is 1. The van der Waals surface area contributed by atoms with E-state index in [0.717, 1.165) is 25.3 Å². The van der Waals surface area contributed by atoms with Crippen molar-refractivity contribution in [1.82, 2.24) is 0 Å². The first-order valence-corrected chi connectivity index (χ1v) is 6.71. The predicted molar refractivity (Wildman–Crippen MR) is 60.4 cm³/mol. The molecule has 16 heavy (non-hydrogen) atoms. The molecule has 0 fully saturated rings. The number of esters is 1. The lowest BCUT2D eigenvalue weighted by atomic mass is 10.2. The van der Waals surface area contributed by atoms with E-state index in [9.17, 15) is 13.2 Å². The zero-order valence-corrected chi connectivity index (χ0v) is 10.2. The molecule has 0 spiro atoms. The Bertz CT molecular complexity index is 320. The minimum atomic E-state index is -4.35. The quantitative estimate of drug-likeness (QED) is 0.308. The van der Waals surface area contributed by atoms with Crippen LogP contribution in [-0.2, 0) is 19.6 Å². The molecule has 5 nitrogen and oxygen atoms in total. The maximum Gasteiger partial charge on any atom is 0.331 e. The number of hydrogen-bond acceptors (Lipinski definition) is 4. The summed E-state index contributed by atoms with van der Waals surface area (Å²) >= 11 is 0. The lowest BCUT2D eigenvalue weighted by molar-refractivity contribution is -0.140. The standard InChI is InChI=1S/C10H18O5S/c1-3-5-6-7-8-10(16(12,13)14)15-9(11)4-2/h4,10H,2-3,5-8H2,1H3,(H,12,13,14). The molecule has 0 saturated carbocycles. The van der Waals surface area contributed by atoms with Crippen molar-refractivity contribution in [2.45, 2.75) is 44.5 Å². The van der Waals surface area contributed by atoms with Crippen LogP contribution in [0.25, 0.3) is 0 Å². The molecule has 0 aromatic heterocycles. The van der Waals surface area contributed by atoms with E-state index in [1.807, 2.05) is 6.92 Å². The second kappa shape index (κ2) is 7.40. The summed E-state index contributed by atoms with van der Waals surface area (Å²) in [5.41, 5.74) is -1.48. The number of rotatable bonds is 8. The number of ether oxygens (including phenoxy) is 1. The van der Waals surface area contributed by atoms with E-state index in [0.29, 0.717) is 6.42 Å². The lowest BCUT2D eigenvalue weighted by Gasteiger charge is -2.13. The van der Waals surface area contributed by atoms with E-state index in [-0.39, 0.29) is 6.42 Å². The second-order valence-corrected chi connectivity index (χ2v) is 4.99. The summed E-state index contributed by atoms with van der Waals surface area (Å²) in [6.07, 6.45) is 4.40. The molecule has 1 N–H and O–H groups in total. The first kappa shape index (κ1) is 15.1. The van der Waals surface area contributed by atoms with Crippen LogP contribution in [0, 0.1) is 0 Å². The van der Waals surface area contributed by atoms with Gasteiger partial charge < -0.3 is 4.74 Å². The fourth-order valence-corrected chi connectivity index (χ4v) is 1.87. The molecule has 0 aliphatic rings. The van der Waals surface area contributed by atoms with Crippen LogP contribution in [0.3, 0.4) is 0 Å². The molecule has 0 saturated heterocycles. The Labute approximate surface area is 96.2 Å². The van der Waals surface area contributed by atoms with E-state index >= 15 is 0 Å². The van der Waals surface area contributed by atoms with Crippen molar-refractivity contribution >= 4 is 16.1 Å². The van der Waals surface area contributed by atoms with Gasteiger partial charge >= 0.3 is 16.1 Å². The monoisotopic (exact) mass is 250 g/mol. The van der Waals surface area contributed by atoms with Gasteiger partial charge in [0.15, 0.2) is 0 Å². The summed E-state index contributed by atoms with van der Waals surface area (Å²) in [4.78, 5) is 10.8. The van der Waals surface area contributed by atoms with E-state index < -0.39 is 21.5 Å². The average molecular weight is 250 g/mol. The molecule has 0 rings (SSSR count). The fraction of sp³-hybridized carbons (Fsp3) is 0.700. The van der Waals surface area contributed by atoms with Crippen molar-refractivity contribution < 1.29 is 22.5 Å². The highest BCUT2D eigenvalue weighted by Gasteiger charge is 2.25. The van der Waals surface area contributed by atoms with Crippen LogP contribution in [-0.4, -0.2) is 24.4 Å². The molecule has 94 valence electrons. The van der Waals surface area contributed by atoms with Gasteiger partial charge in [-0.15, -0.1) is 0 Å². The molecule has 0 bridgehead atoms. The molecule has 0 aliphatic heterocycles. The van der Waals surface area contributed by atoms with Crippen molar-refractivity contribution in [3.8, 4) is 0 Å². The van der Waals surface area contributed by atoms with Gasteiger partial charge in [-0.2, -0.15) is 8.42 Å². The van der Waals surface area contributed by atoms with E-state index in [4.69, 9.17) is 4.55 Å². The third-order valence-electron chi connectivity index (χ3n) is 2.04. The summed E-state index contributed by atoms with van der Waals surface area (Å²) < 4.78 is 35.2. The van der Waals surface area contributed by atoms with Crippen LogP contribution in [0.1, 0.15) is 39.0 Å². The SMILES string of the molecule is C=CC(=O)OC(CCCCCC)S(=O)(=O)O. The Balaban J connectivity index is 4.23. The minimum Gasteiger partial charge on any atom is -0.440 e. The Morgan fingerprint density at radius 1 is 1.44 bits per heavy atom. The molecule has 0 aliphatic carbocycles. The Morgan fingerprint density at radius 2 is 2.06 bits per heavy atom. The van der Waals surface area contributed by atoms with Crippen molar-refractivity contribution in [1.29, 1.82) is 0 Å². The first-order valence-electron chi connectivity index (χ1n) is 5.21. The van der Waals surface area contributed by atoms with Crippen molar-refractivity contribution in [3.05, 3.63) is 12.7 Å². The molecular formula is C10H18O5S. The highest BCUT2D eigenvalue weighted by molar-refractivity contribution is 7.86. The molecule has 1 unspecified atom stereocenters. The third-order valence-corrected chi connectivity index (χ3v) is 3.04. The van der Waals surface area contributed by atoms with Gasteiger partial charge in [0.2, 0.25) is 5.44 Å². The Morgan fingerprint density at radius 3 is 2.50 bits per heavy atom. The summed E-state index contributed by atoms with van der Waals surface area (Å²) in [6, 6.07) is 0. The first-order chi connectivity index (χ1) is 7.41. The minimum absolute atomic E-state index is 0.110. The molecule has 0 amide bonds. The Hall–Kier alpha value is -0.880. The van der Waals surface area contributed by atoms with Crippen LogP contribution in [0.2, 0.25) is 0 Å². The van der Waals surface area contributed by atoms with Crippen LogP contribution >= 0.6 is 0 Å². The van der Waals surface area contributed by atoms with Gasteiger partial charge in [0.25, 0.3) is 0 Å². The molecule has 1 atom stereocenters. The second-order valence-electron chi connectivity index (χ2n) is 3.43. The van der Waals surface area contributed by atoms with Gasteiger partial charge in [-0.05, 0) is 6.42 Å². The van der Waals surface area contributed by atoms with Crippen LogP contribution < -0.4 is 0 Å². The molecular weight excluding hydrogens is 232 g/mol. The van der Waals surface area contributed by atoms with E-state index in [1.165, 1.54) is 0 Å². The maximum atomic E-state index is 10.9. The van der Waals surface area contributed by atoms with Crippen molar-refractivity contribution in [3.63, 3.8) is 0 Å². The highest BCUT2D eigenvalue weighted by Crippen LogP contribution is 2.13. The van der Waals surface area contributed by atoms with Crippen LogP contribution in [0.4, 0.5) is 0 Å². The van der Waals surface area contributed by atoms with Gasteiger partial charge in [-0.3, -0.25) is 4.55 Å². The van der Waals surface area contributed by atoms with Crippen LogP contribution in [0.5, 0.6) is 0 Å². The lowest BCUT2D eigenvalue weighted by Crippen LogP contribution is -2.26. The molecule has 6 heteroatoms. The van der Waals surface area contributed by atoms with Gasteiger partial charge in [0.1, 0.15) is 0 Å². The summed E-state index contributed by atoms with van der Waals surface area (Å²) in [5, 5.41) is 0. The zero-order valence-electron chi connectivity index (χ0n) is 9.39. The maximum absolute atomic E-state index is 10.9. The number of hydrogen-bond donors (Lipinski definition) is 1. The van der Waals surface area contributed by atoms with Gasteiger partial charge in [-0.25, -0.2) is 4.79 Å². The topological polar surface area (TPSA) is 80.7 Å². The van der Waals surface area contributed by atoms with Crippen molar-refractivity contribution in [2.75, 3.05) is 0 Å². The van der Waals surface area contributed by atoms with Crippen molar-refractivity contribution in [2.24, 2.45) is 0 Å². The number of carbonyl (C=O) groups excluding carboxylic acids is 1. The van der Waals surface area contributed by atoms with Gasteiger partial charge in [0.05, 0.1) is 0 Å². The van der Waals surface area contributed by atoms with E-state index in [2.05, 4.69) is 11.3 Å². The van der Waals surface area contributed by atoms with Gasteiger partial charge in [-0.1, -0.05) is 32.8 Å². The molecule has 0 aromatic carbocycles. The van der Waals surface area contributed by atoms with E-state index in [1.54, 1.807) is 0 Å². The van der Waals surface area contributed by atoms with Crippen LogP contribution in [0.15, 0.2) is 12.7 Å². The molecule has 0 aromatic rings. The molecule has 0 heterocycles.